The van der Waals surface area contributed by atoms with Gasteiger partial charge in [0.25, 0.3) is 0 Å². The number of ether oxygens (including phenoxy) is 1. The number of hydrogen-bond acceptors (Lipinski definition) is 3. The molecule has 2 rings (SSSR count). The zero-order valence-electron chi connectivity index (χ0n) is 12.7. The molecule has 1 fully saturated rings. The molecule has 0 aromatic heterocycles. The summed E-state index contributed by atoms with van der Waals surface area (Å²) in [6.07, 6.45) is 2.44. The molecule has 1 atom stereocenters. The molecule has 1 aliphatic heterocycles. The summed E-state index contributed by atoms with van der Waals surface area (Å²) < 4.78 is 28.6. The number of benzene rings is 1. The summed E-state index contributed by atoms with van der Waals surface area (Å²) in [4.78, 5) is 2.33. The zero-order valence-corrected chi connectivity index (χ0v) is 12.7. The fourth-order valence-electron chi connectivity index (χ4n) is 2.81. The third-order valence-corrected chi connectivity index (χ3v) is 4.25. The van der Waals surface area contributed by atoms with Crippen LogP contribution in [-0.4, -0.2) is 38.2 Å². The second kappa shape index (κ2) is 7.71. The molecule has 1 unspecified atom stereocenters. The van der Waals surface area contributed by atoms with Gasteiger partial charge in [-0.15, -0.1) is 0 Å². The van der Waals surface area contributed by atoms with E-state index in [2.05, 4.69) is 28.9 Å². The van der Waals surface area contributed by atoms with Gasteiger partial charge in [-0.05, 0) is 63.5 Å². The van der Waals surface area contributed by atoms with Crippen molar-refractivity contribution in [3.8, 4) is 5.75 Å². The van der Waals surface area contributed by atoms with Gasteiger partial charge in [0.1, 0.15) is 5.75 Å². The Labute approximate surface area is 125 Å². The van der Waals surface area contributed by atoms with Crippen molar-refractivity contribution in [1.29, 1.82) is 0 Å². The maximum Gasteiger partial charge on any atom is 0.387 e. The average Bonchev–Trinajstić information content (AvgIpc) is 2.47. The Balaban J connectivity index is 1.90. The van der Waals surface area contributed by atoms with E-state index >= 15 is 0 Å². The third kappa shape index (κ3) is 4.93. The van der Waals surface area contributed by atoms with Gasteiger partial charge in [-0.1, -0.05) is 12.1 Å². The smallest absolute Gasteiger partial charge is 0.387 e. The van der Waals surface area contributed by atoms with Crippen LogP contribution in [0, 0.1) is 5.92 Å². The monoisotopic (exact) mass is 298 g/mol. The molecule has 3 nitrogen and oxygen atoms in total. The molecule has 1 aliphatic rings. The van der Waals surface area contributed by atoms with Gasteiger partial charge in [-0.25, -0.2) is 0 Å². The Morgan fingerprint density at radius 3 is 2.43 bits per heavy atom. The van der Waals surface area contributed by atoms with E-state index in [1.54, 1.807) is 12.1 Å². The molecule has 21 heavy (non-hydrogen) atoms. The van der Waals surface area contributed by atoms with Gasteiger partial charge in [-0.2, -0.15) is 8.78 Å². The van der Waals surface area contributed by atoms with Crippen molar-refractivity contribution < 1.29 is 13.5 Å². The first-order valence-corrected chi connectivity index (χ1v) is 7.52. The van der Waals surface area contributed by atoms with Crippen LogP contribution in [0.3, 0.4) is 0 Å². The van der Waals surface area contributed by atoms with Crippen molar-refractivity contribution in [2.45, 2.75) is 32.4 Å². The fraction of sp³-hybridized carbons (Fsp3) is 0.625. The van der Waals surface area contributed by atoms with Crippen LogP contribution in [0.1, 0.15) is 31.4 Å². The van der Waals surface area contributed by atoms with Crippen LogP contribution < -0.4 is 10.1 Å². The number of hydrogen-bond donors (Lipinski definition) is 1. The van der Waals surface area contributed by atoms with E-state index in [4.69, 9.17) is 0 Å². The number of nitrogens with zero attached hydrogens (tertiary/aromatic N) is 1. The molecular formula is C16H24F2N2O. The molecule has 0 saturated carbocycles. The molecule has 0 spiro atoms. The van der Waals surface area contributed by atoms with Crippen molar-refractivity contribution >= 4 is 0 Å². The molecule has 1 aromatic rings. The Bertz CT molecular complexity index is 419. The van der Waals surface area contributed by atoms with Gasteiger partial charge < -0.3 is 10.1 Å². The fourth-order valence-corrected chi connectivity index (χ4v) is 2.81. The Morgan fingerprint density at radius 2 is 1.86 bits per heavy atom. The summed E-state index contributed by atoms with van der Waals surface area (Å²) in [6.45, 7) is 2.65. The van der Waals surface area contributed by atoms with Crippen LogP contribution in [-0.2, 0) is 0 Å². The highest BCUT2D eigenvalue weighted by Gasteiger charge is 2.19. The number of rotatable bonds is 6. The highest BCUT2D eigenvalue weighted by Crippen LogP contribution is 2.24. The van der Waals surface area contributed by atoms with Crippen LogP contribution in [0.4, 0.5) is 8.78 Å². The van der Waals surface area contributed by atoms with Crippen LogP contribution in [0.2, 0.25) is 0 Å². The molecule has 1 aromatic carbocycles. The minimum Gasteiger partial charge on any atom is -0.435 e. The summed E-state index contributed by atoms with van der Waals surface area (Å²) in [5.74, 6) is 0.946. The third-order valence-electron chi connectivity index (χ3n) is 4.25. The molecular weight excluding hydrogens is 274 g/mol. The summed E-state index contributed by atoms with van der Waals surface area (Å²) in [5.41, 5.74) is 1.12. The Morgan fingerprint density at radius 1 is 1.24 bits per heavy atom. The Hall–Kier alpha value is -1.20. The van der Waals surface area contributed by atoms with Gasteiger partial charge in [0.15, 0.2) is 0 Å². The van der Waals surface area contributed by atoms with Gasteiger partial charge in [-0.3, -0.25) is 4.90 Å². The summed E-state index contributed by atoms with van der Waals surface area (Å²) in [6, 6.07) is 7.20. The van der Waals surface area contributed by atoms with E-state index in [-0.39, 0.29) is 11.8 Å². The topological polar surface area (TPSA) is 24.5 Å². The Kier molecular flexibility index (Phi) is 5.94. The number of piperidine rings is 1. The predicted octanol–water partition coefficient (Wildman–Crippen LogP) is 3.28. The summed E-state index contributed by atoms with van der Waals surface area (Å²) in [5, 5.41) is 3.38. The second-order valence-corrected chi connectivity index (χ2v) is 5.76. The predicted molar refractivity (Wildman–Crippen MR) is 79.7 cm³/mol. The van der Waals surface area contributed by atoms with E-state index in [1.807, 2.05) is 12.1 Å². The minimum atomic E-state index is -2.77. The molecule has 1 N–H and O–H groups in total. The first kappa shape index (κ1) is 16.2. The lowest BCUT2D eigenvalue weighted by molar-refractivity contribution is -0.0498. The largest absolute Gasteiger partial charge is 0.435 e. The lowest BCUT2D eigenvalue weighted by Crippen LogP contribution is -2.35. The highest BCUT2D eigenvalue weighted by molar-refractivity contribution is 5.29. The van der Waals surface area contributed by atoms with Crippen molar-refractivity contribution in [2.75, 3.05) is 26.7 Å². The number of halogens is 2. The molecule has 0 aliphatic carbocycles. The van der Waals surface area contributed by atoms with E-state index in [0.29, 0.717) is 0 Å². The lowest BCUT2D eigenvalue weighted by Gasteiger charge is -2.31. The van der Waals surface area contributed by atoms with Crippen molar-refractivity contribution in [2.24, 2.45) is 5.92 Å². The highest BCUT2D eigenvalue weighted by atomic mass is 19.3. The average molecular weight is 298 g/mol. The van der Waals surface area contributed by atoms with Crippen LogP contribution in [0.25, 0.3) is 0 Å². The van der Waals surface area contributed by atoms with Gasteiger partial charge in [0, 0.05) is 12.6 Å². The normalized spacial score (nSPS) is 18.2. The van der Waals surface area contributed by atoms with Crippen LogP contribution in [0.5, 0.6) is 5.75 Å². The molecule has 118 valence electrons. The number of alkyl halides is 2. The van der Waals surface area contributed by atoms with Crippen molar-refractivity contribution in [3.63, 3.8) is 0 Å². The maximum atomic E-state index is 12.1. The quantitative estimate of drug-likeness (QED) is 0.872. The molecule has 1 saturated heterocycles. The molecule has 5 heteroatoms. The SMILES string of the molecule is CC(c1ccc(OC(F)F)cc1)N(C)CC1CCNCC1. The number of nitrogens with one attached hydrogen (secondary N) is 1. The van der Waals surface area contributed by atoms with Crippen LogP contribution in [0.15, 0.2) is 24.3 Å². The van der Waals surface area contributed by atoms with E-state index in [9.17, 15) is 8.78 Å². The zero-order chi connectivity index (χ0) is 15.2. The molecule has 1 heterocycles. The molecule has 0 bridgehead atoms. The van der Waals surface area contributed by atoms with E-state index < -0.39 is 6.61 Å². The van der Waals surface area contributed by atoms with Crippen molar-refractivity contribution in [1.82, 2.24) is 10.2 Å². The van der Waals surface area contributed by atoms with Gasteiger partial charge >= 0.3 is 6.61 Å². The molecule has 0 radical (unpaired) electrons. The lowest BCUT2D eigenvalue weighted by atomic mass is 9.96. The second-order valence-electron chi connectivity index (χ2n) is 5.76. The van der Waals surface area contributed by atoms with E-state index in [1.165, 1.54) is 12.8 Å². The van der Waals surface area contributed by atoms with E-state index in [0.717, 1.165) is 31.1 Å². The summed E-state index contributed by atoms with van der Waals surface area (Å²) in [7, 11) is 2.12. The van der Waals surface area contributed by atoms with Crippen molar-refractivity contribution in [3.05, 3.63) is 29.8 Å². The standard InChI is InChI=1S/C16H24F2N2O/c1-12(20(2)11-13-7-9-19-10-8-13)14-3-5-15(6-4-14)21-16(17)18/h3-6,12-13,16,19H,7-11H2,1-2H3. The van der Waals surface area contributed by atoms with Crippen LogP contribution >= 0.6 is 0 Å². The van der Waals surface area contributed by atoms with Gasteiger partial charge in [0.05, 0.1) is 0 Å². The van der Waals surface area contributed by atoms with Gasteiger partial charge in [0.2, 0.25) is 0 Å². The summed E-state index contributed by atoms with van der Waals surface area (Å²) >= 11 is 0. The molecule has 0 amide bonds. The first-order chi connectivity index (χ1) is 10.1. The minimum absolute atomic E-state index is 0.210. The maximum absolute atomic E-state index is 12.1. The first-order valence-electron chi connectivity index (χ1n) is 7.52.